The first-order valence-corrected chi connectivity index (χ1v) is 14.0. The second-order valence-electron chi connectivity index (χ2n) is 10.1. The second kappa shape index (κ2) is 13.8. The highest BCUT2D eigenvalue weighted by Gasteiger charge is 2.24. The number of carbonyl (C=O) groups is 1. The quantitative estimate of drug-likeness (QED) is 0.161. The summed E-state index contributed by atoms with van der Waals surface area (Å²) >= 11 is 0. The zero-order chi connectivity index (χ0) is 29.3. The summed E-state index contributed by atoms with van der Waals surface area (Å²) in [5.41, 5.74) is 5.04. The predicted octanol–water partition coefficient (Wildman–Crippen LogP) is 6.70. The minimum absolute atomic E-state index is 0.0733. The zero-order valence-corrected chi connectivity index (χ0v) is 23.9. The van der Waals surface area contributed by atoms with E-state index < -0.39 is 0 Å². The average molecular weight is 567 g/mol. The molecule has 1 aromatic heterocycles. The van der Waals surface area contributed by atoms with Crippen LogP contribution in [0, 0.1) is 5.82 Å². The van der Waals surface area contributed by atoms with Gasteiger partial charge in [0.25, 0.3) is 0 Å². The molecule has 4 aromatic carbocycles. The minimum Gasteiger partial charge on any atom is -0.493 e. The number of fused-ring (bicyclic) bond motifs is 1. The van der Waals surface area contributed by atoms with Crippen molar-refractivity contribution in [1.29, 1.82) is 0 Å². The summed E-state index contributed by atoms with van der Waals surface area (Å²) in [6.07, 6.45) is 2.34. The molecule has 216 valence electrons. The van der Waals surface area contributed by atoms with Gasteiger partial charge in [0, 0.05) is 49.6 Å². The summed E-state index contributed by atoms with van der Waals surface area (Å²) < 4.78 is 32.7. The third-order valence-electron chi connectivity index (χ3n) is 7.31. The number of amides is 1. The lowest BCUT2D eigenvalue weighted by atomic mass is 9.87. The third kappa shape index (κ3) is 6.98. The number of carbonyl (C=O) groups excluding carboxylic acids is 1. The maximum Gasteiger partial charge on any atom is 0.221 e. The highest BCUT2D eigenvalue weighted by molar-refractivity contribution is 5.87. The molecule has 0 bridgehead atoms. The van der Waals surface area contributed by atoms with Crippen LogP contribution in [-0.2, 0) is 22.7 Å². The van der Waals surface area contributed by atoms with Gasteiger partial charge in [-0.1, -0.05) is 66.7 Å². The Balaban J connectivity index is 1.51. The van der Waals surface area contributed by atoms with E-state index in [0.717, 1.165) is 33.2 Å². The van der Waals surface area contributed by atoms with Crippen LogP contribution in [0.15, 0.2) is 103 Å². The molecule has 0 saturated carbocycles. The van der Waals surface area contributed by atoms with Crippen molar-refractivity contribution < 1.29 is 23.4 Å². The molecule has 6 nitrogen and oxygen atoms in total. The van der Waals surface area contributed by atoms with E-state index >= 15 is 0 Å². The summed E-state index contributed by atoms with van der Waals surface area (Å²) in [5.74, 6) is 0.636. The van der Waals surface area contributed by atoms with Crippen molar-refractivity contribution in [2.75, 3.05) is 27.4 Å². The number of nitrogens with one attached hydrogen (secondary N) is 1. The first-order chi connectivity index (χ1) is 20.6. The van der Waals surface area contributed by atoms with E-state index in [1.54, 1.807) is 26.4 Å². The van der Waals surface area contributed by atoms with E-state index in [9.17, 15) is 9.18 Å². The van der Waals surface area contributed by atoms with Crippen molar-refractivity contribution in [3.63, 3.8) is 0 Å². The number of nitrogens with zero attached hydrogens (tertiary/aromatic N) is 1. The Morgan fingerprint density at radius 1 is 0.881 bits per heavy atom. The lowest BCUT2D eigenvalue weighted by Crippen LogP contribution is -2.28. The molecule has 0 spiro atoms. The summed E-state index contributed by atoms with van der Waals surface area (Å²) in [6, 6.07) is 30.5. The molecule has 1 atom stereocenters. The fourth-order valence-electron chi connectivity index (χ4n) is 5.18. The van der Waals surface area contributed by atoms with Gasteiger partial charge in [0.2, 0.25) is 5.91 Å². The van der Waals surface area contributed by atoms with Crippen LogP contribution < -0.4 is 14.8 Å². The second-order valence-corrected chi connectivity index (χ2v) is 10.1. The lowest BCUT2D eigenvalue weighted by molar-refractivity contribution is -0.121. The van der Waals surface area contributed by atoms with Crippen molar-refractivity contribution in [3.05, 3.63) is 131 Å². The van der Waals surface area contributed by atoms with E-state index in [1.165, 1.54) is 12.1 Å². The topological polar surface area (TPSA) is 61.7 Å². The van der Waals surface area contributed by atoms with Gasteiger partial charge < -0.3 is 24.1 Å². The Kier molecular flexibility index (Phi) is 9.51. The molecule has 0 radical (unpaired) electrons. The Bertz CT molecular complexity index is 1620. The van der Waals surface area contributed by atoms with Crippen LogP contribution in [0.2, 0.25) is 0 Å². The number of rotatable bonds is 13. The molecule has 0 fully saturated rings. The highest BCUT2D eigenvalue weighted by Crippen LogP contribution is 2.39. The van der Waals surface area contributed by atoms with Gasteiger partial charge in [0.05, 0.1) is 13.7 Å². The summed E-state index contributed by atoms with van der Waals surface area (Å²) in [6.45, 7) is 1.86. The minimum atomic E-state index is -0.263. The molecule has 0 aliphatic heterocycles. The molecule has 7 heteroatoms. The predicted molar refractivity (Wildman–Crippen MR) is 163 cm³/mol. The van der Waals surface area contributed by atoms with Gasteiger partial charge in [-0.2, -0.15) is 0 Å². The van der Waals surface area contributed by atoms with Crippen molar-refractivity contribution in [1.82, 2.24) is 9.88 Å². The molecule has 5 aromatic rings. The van der Waals surface area contributed by atoms with E-state index in [1.807, 2.05) is 60.7 Å². The van der Waals surface area contributed by atoms with E-state index in [0.29, 0.717) is 37.8 Å². The van der Waals surface area contributed by atoms with Crippen molar-refractivity contribution in [2.24, 2.45) is 0 Å². The monoisotopic (exact) mass is 566 g/mol. The maximum absolute atomic E-state index is 13.6. The molecule has 1 amide bonds. The normalized spacial score (nSPS) is 11.8. The summed E-state index contributed by atoms with van der Waals surface area (Å²) in [5, 5.41) is 4.02. The molecular weight excluding hydrogens is 531 g/mol. The number of aromatic nitrogens is 1. The Labute approximate surface area is 245 Å². The zero-order valence-electron chi connectivity index (χ0n) is 23.9. The van der Waals surface area contributed by atoms with Crippen molar-refractivity contribution >= 4 is 16.8 Å². The molecular formula is C35H35FN2O4. The number of hydrogen-bond acceptors (Lipinski definition) is 4. The van der Waals surface area contributed by atoms with E-state index in [-0.39, 0.29) is 24.1 Å². The number of para-hydroxylation sites is 1. The Morgan fingerprint density at radius 3 is 2.40 bits per heavy atom. The molecule has 1 unspecified atom stereocenters. The first-order valence-electron chi connectivity index (χ1n) is 14.0. The molecule has 0 saturated heterocycles. The number of halogens is 1. The fraction of sp³-hybridized carbons (Fsp3) is 0.229. The van der Waals surface area contributed by atoms with Gasteiger partial charge in [-0.05, 0) is 52.6 Å². The SMILES string of the molecule is COCCNC(=O)CC(c1ccc(OCc2ccccc2)c(OC)c1)c1cn(Cc2ccc(F)cc2)c2ccccc12. The first kappa shape index (κ1) is 28.9. The van der Waals surface area contributed by atoms with Gasteiger partial charge >= 0.3 is 0 Å². The van der Waals surface area contributed by atoms with E-state index in [2.05, 4.69) is 28.2 Å². The standard InChI is InChI=1S/C35H35FN2O4/c1-40-19-18-37-35(39)21-30(27-14-17-33(34(20-27)41-2)42-24-26-8-4-3-5-9-26)31-23-38(32-11-7-6-10-29(31)32)22-25-12-15-28(36)16-13-25/h3-17,20,23,30H,18-19,21-22,24H2,1-2H3,(H,37,39). The van der Waals surface area contributed by atoms with Gasteiger partial charge in [0.15, 0.2) is 11.5 Å². The van der Waals surface area contributed by atoms with Crippen LogP contribution in [-0.4, -0.2) is 37.8 Å². The Morgan fingerprint density at radius 2 is 1.64 bits per heavy atom. The van der Waals surface area contributed by atoms with Crippen molar-refractivity contribution in [2.45, 2.75) is 25.5 Å². The van der Waals surface area contributed by atoms with Crippen LogP contribution in [0.5, 0.6) is 11.5 Å². The highest BCUT2D eigenvalue weighted by atomic mass is 19.1. The molecule has 42 heavy (non-hydrogen) atoms. The van der Waals surface area contributed by atoms with Gasteiger partial charge in [-0.25, -0.2) is 4.39 Å². The number of hydrogen-bond donors (Lipinski definition) is 1. The van der Waals surface area contributed by atoms with Gasteiger partial charge in [-0.15, -0.1) is 0 Å². The maximum atomic E-state index is 13.6. The largest absolute Gasteiger partial charge is 0.493 e. The average Bonchev–Trinajstić information content (AvgIpc) is 3.38. The van der Waals surface area contributed by atoms with E-state index in [4.69, 9.17) is 14.2 Å². The Hall–Kier alpha value is -4.62. The number of methoxy groups -OCH3 is 2. The molecule has 1 heterocycles. The number of ether oxygens (including phenoxy) is 3. The van der Waals surface area contributed by atoms with Gasteiger partial charge in [-0.3, -0.25) is 4.79 Å². The molecule has 5 rings (SSSR count). The van der Waals surface area contributed by atoms with Crippen LogP contribution in [0.1, 0.15) is 34.6 Å². The van der Waals surface area contributed by atoms with Crippen LogP contribution >= 0.6 is 0 Å². The summed E-state index contributed by atoms with van der Waals surface area (Å²) in [7, 11) is 3.23. The fourth-order valence-corrected chi connectivity index (χ4v) is 5.18. The lowest BCUT2D eigenvalue weighted by Gasteiger charge is -2.19. The van der Waals surface area contributed by atoms with Crippen LogP contribution in [0.25, 0.3) is 10.9 Å². The van der Waals surface area contributed by atoms with Crippen molar-refractivity contribution in [3.8, 4) is 11.5 Å². The third-order valence-corrected chi connectivity index (χ3v) is 7.31. The molecule has 0 aliphatic rings. The summed E-state index contributed by atoms with van der Waals surface area (Å²) in [4.78, 5) is 13.2. The van der Waals surface area contributed by atoms with Gasteiger partial charge in [0.1, 0.15) is 12.4 Å². The molecule has 0 aliphatic carbocycles. The molecule has 1 N–H and O–H groups in total. The smallest absolute Gasteiger partial charge is 0.221 e. The number of benzene rings is 4. The van der Waals surface area contributed by atoms with Crippen LogP contribution in [0.4, 0.5) is 4.39 Å². The van der Waals surface area contributed by atoms with Crippen LogP contribution in [0.3, 0.4) is 0 Å².